The number of amides is 2. The molecule has 1 fully saturated rings. The van der Waals surface area contributed by atoms with Crippen LogP contribution in [0.4, 0.5) is 5.69 Å². The lowest BCUT2D eigenvalue weighted by Crippen LogP contribution is -2.34. The standard InChI is InChI=1S/C16H23N3O3/c1-18-16(21)13-9-12(22-2)6-7-14(13)19-15(20)10-4-3-5-11(17)8-10/h6-7,9-11H,3-5,8,17H2,1-2H3,(H,18,21)(H,19,20). The van der Waals surface area contributed by atoms with Crippen molar-refractivity contribution in [3.05, 3.63) is 23.8 Å². The molecule has 2 amide bonds. The molecule has 1 saturated carbocycles. The molecule has 0 saturated heterocycles. The number of methoxy groups -OCH3 is 1. The summed E-state index contributed by atoms with van der Waals surface area (Å²) in [5.41, 5.74) is 6.81. The van der Waals surface area contributed by atoms with E-state index in [1.54, 1.807) is 25.2 Å². The van der Waals surface area contributed by atoms with Gasteiger partial charge in [-0.3, -0.25) is 9.59 Å². The van der Waals surface area contributed by atoms with Gasteiger partial charge in [-0.25, -0.2) is 0 Å². The molecular formula is C16H23N3O3. The van der Waals surface area contributed by atoms with E-state index < -0.39 is 0 Å². The minimum atomic E-state index is -0.269. The van der Waals surface area contributed by atoms with Crippen LogP contribution in [0.2, 0.25) is 0 Å². The maximum Gasteiger partial charge on any atom is 0.253 e. The smallest absolute Gasteiger partial charge is 0.253 e. The van der Waals surface area contributed by atoms with E-state index in [2.05, 4.69) is 10.6 Å². The lowest BCUT2D eigenvalue weighted by Gasteiger charge is -2.26. The molecule has 2 rings (SSSR count). The van der Waals surface area contributed by atoms with Crippen LogP contribution in [0.3, 0.4) is 0 Å². The number of hydrogen-bond donors (Lipinski definition) is 3. The van der Waals surface area contributed by atoms with Crippen molar-refractivity contribution in [3.8, 4) is 5.75 Å². The van der Waals surface area contributed by atoms with E-state index >= 15 is 0 Å². The molecular weight excluding hydrogens is 282 g/mol. The minimum absolute atomic E-state index is 0.0783. The first-order valence-electron chi connectivity index (χ1n) is 7.51. The van der Waals surface area contributed by atoms with E-state index in [0.717, 1.165) is 19.3 Å². The van der Waals surface area contributed by atoms with Crippen molar-refractivity contribution < 1.29 is 14.3 Å². The summed E-state index contributed by atoms with van der Waals surface area (Å²) < 4.78 is 5.13. The summed E-state index contributed by atoms with van der Waals surface area (Å²) in [5.74, 6) is 0.125. The number of benzene rings is 1. The first-order chi connectivity index (χ1) is 10.5. The molecule has 0 radical (unpaired) electrons. The molecule has 0 aliphatic heterocycles. The summed E-state index contributed by atoms with van der Waals surface area (Å²) in [4.78, 5) is 24.4. The molecule has 120 valence electrons. The molecule has 1 aromatic rings. The van der Waals surface area contributed by atoms with Gasteiger partial charge < -0.3 is 21.1 Å². The summed E-state index contributed by atoms with van der Waals surface area (Å²) in [6, 6.07) is 5.10. The average molecular weight is 305 g/mol. The molecule has 1 aliphatic rings. The number of rotatable bonds is 4. The fourth-order valence-electron chi connectivity index (χ4n) is 2.78. The van der Waals surface area contributed by atoms with Gasteiger partial charge in [-0.2, -0.15) is 0 Å². The highest BCUT2D eigenvalue weighted by Gasteiger charge is 2.26. The zero-order valence-corrected chi connectivity index (χ0v) is 13.0. The van der Waals surface area contributed by atoms with E-state index in [1.807, 2.05) is 0 Å². The van der Waals surface area contributed by atoms with Gasteiger partial charge in [-0.15, -0.1) is 0 Å². The second-order valence-corrected chi connectivity index (χ2v) is 5.60. The SMILES string of the molecule is CNC(=O)c1cc(OC)ccc1NC(=O)C1CCCC(N)C1. The molecule has 0 heterocycles. The van der Waals surface area contributed by atoms with E-state index in [9.17, 15) is 9.59 Å². The summed E-state index contributed by atoms with van der Waals surface area (Å²) in [5, 5.41) is 5.42. The largest absolute Gasteiger partial charge is 0.497 e. The van der Waals surface area contributed by atoms with Gasteiger partial charge >= 0.3 is 0 Å². The van der Waals surface area contributed by atoms with Crippen molar-refractivity contribution in [2.24, 2.45) is 11.7 Å². The van der Waals surface area contributed by atoms with Crippen molar-refractivity contribution in [1.29, 1.82) is 0 Å². The van der Waals surface area contributed by atoms with Crippen LogP contribution in [-0.2, 0) is 4.79 Å². The van der Waals surface area contributed by atoms with Crippen molar-refractivity contribution >= 4 is 17.5 Å². The number of carbonyl (C=O) groups excluding carboxylic acids is 2. The maximum absolute atomic E-state index is 12.4. The predicted octanol–water partition coefficient (Wildman–Crippen LogP) is 1.51. The summed E-state index contributed by atoms with van der Waals surface area (Å²) >= 11 is 0. The van der Waals surface area contributed by atoms with Gasteiger partial charge in [0.15, 0.2) is 0 Å². The second kappa shape index (κ2) is 7.26. The third-order valence-electron chi connectivity index (χ3n) is 4.04. The first kappa shape index (κ1) is 16.3. The Morgan fingerprint density at radius 2 is 2.09 bits per heavy atom. The Morgan fingerprint density at radius 3 is 2.73 bits per heavy atom. The fourth-order valence-corrected chi connectivity index (χ4v) is 2.78. The minimum Gasteiger partial charge on any atom is -0.497 e. The van der Waals surface area contributed by atoms with Crippen LogP contribution in [0, 0.1) is 5.92 Å². The molecule has 6 nitrogen and oxygen atoms in total. The van der Waals surface area contributed by atoms with E-state index in [-0.39, 0.29) is 23.8 Å². The number of hydrogen-bond acceptors (Lipinski definition) is 4. The van der Waals surface area contributed by atoms with Crippen LogP contribution in [0.15, 0.2) is 18.2 Å². The fraction of sp³-hybridized carbons (Fsp3) is 0.500. The van der Waals surface area contributed by atoms with Gasteiger partial charge in [0.05, 0.1) is 18.4 Å². The van der Waals surface area contributed by atoms with Crippen molar-refractivity contribution in [2.45, 2.75) is 31.7 Å². The van der Waals surface area contributed by atoms with E-state index in [1.165, 1.54) is 7.11 Å². The molecule has 2 atom stereocenters. The first-order valence-corrected chi connectivity index (χ1v) is 7.51. The molecule has 1 aliphatic carbocycles. The summed E-state index contributed by atoms with van der Waals surface area (Å²) in [6.07, 6.45) is 3.46. The van der Waals surface area contributed by atoms with E-state index in [0.29, 0.717) is 23.4 Å². The van der Waals surface area contributed by atoms with Crippen LogP contribution in [0.25, 0.3) is 0 Å². The maximum atomic E-state index is 12.4. The lowest BCUT2D eigenvalue weighted by molar-refractivity contribution is -0.120. The zero-order valence-electron chi connectivity index (χ0n) is 13.0. The van der Waals surface area contributed by atoms with Crippen molar-refractivity contribution in [1.82, 2.24) is 5.32 Å². The highest BCUT2D eigenvalue weighted by Crippen LogP contribution is 2.27. The Labute approximate surface area is 130 Å². The van der Waals surface area contributed by atoms with Gasteiger partial charge in [0, 0.05) is 19.0 Å². The van der Waals surface area contributed by atoms with Gasteiger partial charge in [-0.1, -0.05) is 6.42 Å². The Hall–Kier alpha value is -2.08. The van der Waals surface area contributed by atoms with Crippen LogP contribution in [0.1, 0.15) is 36.0 Å². The highest BCUT2D eigenvalue weighted by atomic mass is 16.5. The molecule has 2 unspecified atom stereocenters. The van der Waals surface area contributed by atoms with Crippen LogP contribution in [0.5, 0.6) is 5.75 Å². The molecule has 1 aromatic carbocycles. The second-order valence-electron chi connectivity index (χ2n) is 5.60. The number of nitrogens with two attached hydrogens (primary N) is 1. The highest BCUT2D eigenvalue weighted by molar-refractivity contribution is 6.04. The molecule has 22 heavy (non-hydrogen) atoms. The van der Waals surface area contributed by atoms with Crippen LogP contribution < -0.4 is 21.1 Å². The lowest BCUT2D eigenvalue weighted by atomic mass is 9.85. The number of anilines is 1. The molecule has 0 bridgehead atoms. The summed E-state index contributed by atoms with van der Waals surface area (Å²) in [7, 11) is 3.08. The average Bonchev–Trinajstić information content (AvgIpc) is 2.54. The third kappa shape index (κ3) is 3.76. The monoisotopic (exact) mass is 305 g/mol. The van der Waals surface area contributed by atoms with Crippen LogP contribution >= 0.6 is 0 Å². The Bertz CT molecular complexity index is 560. The Morgan fingerprint density at radius 1 is 1.32 bits per heavy atom. The van der Waals surface area contributed by atoms with Crippen molar-refractivity contribution in [3.63, 3.8) is 0 Å². The predicted molar refractivity (Wildman–Crippen MR) is 84.9 cm³/mol. The third-order valence-corrected chi connectivity index (χ3v) is 4.04. The van der Waals surface area contributed by atoms with Gasteiger partial charge in [0.2, 0.25) is 5.91 Å². The van der Waals surface area contributed by atoms with Crippen LogP contribution in [-0.4, -0.2) is 32.0 Å². The van der Waals surface area contributed by atoms with Gasteiger partial charge in [0.25, 0.3) is 5.91 Å². The normalized spacial score (nSPS) is 21.0. The molecule has 0 spiro atoms. The molecule has 6 heteroatoms. The molecule has 4 N–H and O–H groups in total. The van der Waals surface area contributed by atoms with Gasteiger partial charge in [-0.05, 0) is 37.5 Å². The Kier molecular flexibility index (Phi) is 5.38. The number of nitrogens with one attached hydrogen (secondary N) is 2. The zero-order chi connectivity index (χ0) is 16.1. The van der Waals surface area contributed by atoms with E-state index in [4.69, 9.17) is 10.5 Å². The quantitative estimate of drug-likeness (QED) is 0.786. The Balaban J connectivity index is 2.17. The number of ether oxygens (including phenoxy) is 1. The number of carbonyl (C=O) groups is 2. The molecule has 0 aromatic heterocycles. The van der Waals surface area contributed by atoms with Gasteiger partial charge in [0.1, 0.15) is 5.75 Å². The topological polar surface area (TPSA) is 93.5 Å². The van der Waals surface area contributed by atoms with Crippen molar-refractivity contribution in [2.75, 3.05) is 19.5 Å². The summed E-state index contributed by atoms with van der Waals surface area (Å²) in [6.45, 7) is 0.